The van der Waals surface area contributed by atoms with E-state index < -0.39 is 27.9 Å². The van der Waals surface area contributed by atoms with Crippen molar-refractivity contribution < 1.29 is 18.0 Å². The molecule has 0 radical (unpaired) electrons. The molecule has 0 aliphatic carbocycles. The lowest BCUT2D eigenvalue weighted by molar-refractivity contribution is 0.0879. The molecule has 0 saturated carbocycles. The smallest absolute Gasteiger partial charge is 0.258 e. The first-order valence-corrected chi connectivity index (χ1v) is 10.5. The number of fused-ring (bicyclic) bond motifs is 1. The highest BCUT2D eigenvalue weighted by atomic mass is 32.2. The van der Waals surface area contributed by atoms with E-state index in [0.29, 0.717) is 12.2 Å². The number of H-pyrrole nitrogens is 1. The van der Waals surface area contributed by atoms with E-state index in [0.717, 1.165) is 11.3 Å². The highest BCUT2D eigenvalue weighted by Crippen LogP contribution is 2.24. The lowest BCUT2D eigenvalue weighted by Gasteiger charge is -2.15. The van der Waals surface area contributed by atoms with E-state index in [1.54, 1.807) is 6.20 Å². The SMILES string of the molecule is CCC(NS(=O)(=O)c1ccc2c(c1)C(=O)NC2=O)c1ncc(-c2ccccc2)[nH]1. The highest BCUT2D eigenvalue weighted by molar-refractivity contribution is 7.89. The van der Waals surface area contributed by atoms with Crippen molar-refractivity contribution in [1.29, 1.82) is 0 Å². The van der Waals surface area contributed by atoms with E-state index in [2.05, 4.69) is 20.0 Å². The van der Waals surface area contributed by atoms with Crippen LogP contribution in [0.3, 0.4) is 0 Å². The first-order valence-electron chi connectivity index (χ1n) is 9.01. The molecular formula is C20H18N4O4S. The molecule has 1 aliphatic heterocycles. The molecule has 1 aromatic heterocycles. The van der Waals surface area contributed by atoms with E-state index in [1.165, 1.54) is 18.2 Å². The minimum Gasteiger partial charge on any atom is -0.341 e. The van der Waals surface area contributed by atoms with Gasteiger partial charge in [-0.25, -0.2) is 18.1 Å². The quantitative estimate of drug-likeness (QED) is 0.539. The molecule has 4 rings (SSSR count). The molecule has 0 bridgehead atoms. The van der Waals surface area contributed by atoms with Gasteiger partial charge in [0.05, 0.1) is 34.0 Å². The summed E-state index contributed by atoms with van der Waals surface area (Å²) in [6, 6.07) is 12.9. The van der Waals surface area contributed by atoms with Crippen LogP contribution in [0, 0.1) is 0 Å². The zero-order chi connectivity index (χ0) is 20.6. The van der Waals surface area contributed by atoms with Gasteiger partial charge in [-0.1, -0.05) is 37.3 Å². The van der Waals surface area contributed by atoms with Crippen LogP contribution < -0.4 is 10.0 Å². The molecule has 3 aromatic rings. The zero-order valence-corrected chi connectivity index (χ0v) is 16.3. The lowest BCUT2D eigenvalue weighted by Crippen LogP contribution is -2.29. The Labute approximate surface area is 167 Å². The number of nitrogens with one attached hydrogen (secondary N) is 3. The lowest BCUT2D eigenvalue weighted by atomic mass is 10.1. The molecule has 2 amide bonds. The van der Waals surface area contributed by atoms with Gasteiger partial charge in [-0.3, -0.25) is 14.9 Å². The number of nitrogens with zero attached hydrogens (tertiary/aromatic N) is 1. The second kappa shape index (κ2) is 7.26. The number of hydrogen-bond acceptors (Lipinski definition) is 5. The Hall–Kier alpha value is -3.30. The third kappa shape index (κ3) is 3.57. The van der Waals surface area contributed by atoms with Gasteiger partial charge in [-0.2, -0.15) is 0 Å². The van der Waals surface area contributed by atoms with Crippen LogP contribution in [-0.4, -0.2) is 30.2 Å². The number of benzene rings is 2. The fourth-order valence-corrected chi connectivity index (χ4v) is 4.49. The van der Waals surface area contributed by atoms with Crippen molar-refractivity contribution in [3.8, 4) is 11.3 Å². The number of sulfonamides is 1. The number of rotatable bonds is 6. The number of imidazole rings is 1. The number of carbonyl (C=O) groups is 2. The summed E-state index contributed by atoms with van der Waals surface area (Å²) in [5, 5.41) is 2.15. The van der Waals surface area contributed by atoms with Crippen LogP contribution in [0.25, 0.3) is 11.3 Å². The summed E-state index contributed by atoms with van der Waals surface area (Å²) in [6.45, 7) is 1.84. The number of aromatic amines is 1. The monoisotopic (exact) mass is 410 g/mol. The molecule has 1 aliphatic rings. The zero-order valence-electron chi connectivity index (χ0n) is 15.5. The van der Waals surface area contributed by atoms with E-state index in [1.807, 2.05) is 37.3 Å². The van der Waals surface area contributed by atoms with Crippen molar-refractivity contribution in [3.63, 3.8) is 0 Å². The van der Waals surface area contributed by atoms with Crippen LogP contribution in [-0.2, 0) is 10.0 Å². The molecule has 2 aromatic carbocycles. The van der Waals surface area contributed by atoms with Crippen LogP contribution >= 0.6 is 0 Å². The van der Waals surface area contributed by atoms with Gasteiger partial charge in [0, 0.05) is 0 Å². The maximum atomic E-state index is 12.9. The summed E-state index contributed by atoms with van der Waals surface area (Å²) in [5.74, 6) is -0.644. The topological polar surface area (TPSA) is 121 Å². The molecule has 0 fully saturated rings. The molecule has 0 spiro atoms. The normalized spacial score (nSPS) is 14.5. The molecule has 29 heavy (non-hydrogen) atoms. The van der Waals surface area contributed by atoms with Crippen molar-refractivity contribution in [2.45, 2.75) is 24.3 Å². The third-order valence-electron chi connectivity index (χ3n) is 4.73. The average molecular weight is 410 g/mol. The van der Waals surface area contributed by atoms with Gasteiger partial charge in [0.2, 0.25) is 10.0 Å². The minimum absolute atomic E-state index is 0.0512. The van der Waals surface area contributed by atoms with Crippen molar-refractivity contribution >= 4 is 21.8 Å². The molecule has 1 atom stereocenters. The fourth-order valence-electron chi connectivity index (χ4n) is 3.18. The van der Waals surface area contributed by atoms with Gasteiger partial charge < -0.3 is 4.98 Å². The summed E-state index contributed by atoms with van der Waals surface area (Å²) >= 11 is 0. The average Bonchev–Trinajstić information content (AvgIpc) is 3.32. The van der Waals surface area contributed by atoms with Gasteiger partial charge in [-0.15, -0.1) is 0 Å². The Morgan fingerprint density at radius 3 is 2.48 bits per heavy atom. The molecule has 8 nitrogen and oxygen atoms in total. The fraction of sp³-hybridized carbons (Fsp3) is 0.150. The van der Waals surface area contributed by atoms with Gasteiger partial charge in [0.1, 0.15) is 5.82 Å². The standard InChI is InChI=1S/C20H18N4O4S/c1-2-16(18-21-11-17(22-18)12-6-4-3-5-7-12)24-29(27,28)13-8-9-14-15(10-13)20(26)23-19(14)25/h3-11,16,24H,2H2,1H3,(H,21,22)(H,23,25,26). The van der Waals surface area contributed by atoms with Gasteiger partial charge in [0.25, 0.3) is 11.8 Å². The summed E-state index contributed by atoms with van der Waals surface area (Å²) in [4.78, 5) is 30.9. The number of aromatic nitrogens is 2. The van der Waals surface area contributed by atoms with Gasteiger partial charge in [-0.05, 0) is 30.2 Å². The Kier molecular flexibility index (Phi) is 4.77. The van der Waals surface area contributed by atoms with Crippen LogP contribution in [0.5, 0.6) is 0 Å². The minimum atomic E-state index is -3.94. The summed E-state index contributed by atoms with van der Waals surface area (Å²) < 4.78 is 28.4. The maximum Gasteiger partial charge on any atom is 0.258 e. The Balaban J connectivity index is 1.60. The van der Waals surface area contributed by atoms with Crippen LogP contribution in [0.1, 0.15) is 45.9 Å². The second-order valence-electron chi connectivity index (χ2n) is 6.62. The van der Waals surface area contributed by atoms with Gasteiger partial charge in [0.15, 0.2) is 0 Å². The van der Waals surface area contributed by atoms with Crippen molar-refractivity contribution in [1.82, 2.24) is 20.0 Å². The third-order valence-corrected chi connectivity index (χ3v) is 6.20. The van der Waals surface area contributed by atoms with E-state index >= 15 is 0 Å². The number of carbonyl (C=O) groups excluding carboxylic acids is 2. The van der Waals surface area contributed by atoms with Crippen LogP contribution in [0.4, 0.5) is 0 Å². The number of imide groups is 1. The van der Waals surface area contributed by atoms with Crippen LogP contribution in [0.15, 0.2) is 59.6 Å². The first kappa shape index (κ1) is 19.0. The summed E-state index contributed by atoms with van der Waals surface area (Å²) in [5.41, 5.74) is 1.94. The van der Waals surface area contributed by atoms with Crippen molar-refractivity contribution in [2.24, 2.45) is 0 Å². The first-order chi connectivity index (χ1) is 13.9. The van der Waals surface area contributed by atoms with Crippen molar-refractivity contribution in [3.05, 3.63) is 71.7 Å². The molecular weight excluding hydrogens is 392 g/mol. The molecule has 0 saturated heterocycles. The molecule has 2 heterocycles. The molecule has 9 heteroatoms. The van der Waals surface area contributed by atoms with E-state index in [9.17, 15) is 18.0 Å². The predicted molar refractivity (Wildman–Crippen MR) is 106 cm³/mol. The van der Waals surface area contributed by atoms with E-state index in [4.69, 9.17) is 0 Å². The van der Waals surface area contributed by atoms with Crippen molar-refractivity contribution in [2.75, 3.05) is 0 Å². The maximum absolute atomic E-state index is 12.9. The Morgan fingerprint density at radius 1 is 1.03 bits per heavy atom. The number of hydrogen-bond donors (Lipinski definition) is 3. The van der Waals surface area contributed by atoms with Crippen LogP contribution in [0.2, 0.25) is 0 Å². The number of amides is 2. The summed E-state index contributed by atoms with van der Waals surface area (Å²) in [6.07, 6.45) is 2.12. The van der Waals surface area contributed by atoms with Gasteiger partial charge >= 0.3 is 0 Å². The summed E-state index contributed by atoms with van der Waals surface area (Å²) in [7, 11) is -3.94. The molecule has 1 unspecified atom stereocenters. The van der Waals surface area contributed by atoms with E-state index in [-0.39, 0.29) is 16.0 Å². The second-order valence-corrected chi connectivity index (χ2v) is 8.33. The predicted octanol–water partition coefficient (Wildman–Crippen LogP) is 2.39. The highest BCUT2D eigenvalue weighted by Gasteiger charge is 2.30. The Bertz CT molecular complexity index is 1200. The Morgan fingerprint density at radius 2 is 1.76 bits per heavy atom. The largest absolute Gasteiger partial charge is 0.341 e. The molecule has 3 N–H and O–H groups in total. The molecule has 148 valence electrons.